The standard InChI is InChI=1S/C10H12F3NO/c1-6(14)9(4-5-9)7-2-3-8(15-7)10(11,12)13/h2-3,6H,4-5,14H2,1H3. The van der Waals surface area contributed by atoms with Crippen molar-refractivity contribution in [3.05, 3.63) is 23.7 Å². The van der Waals surface area contributed by atoms with Gasteiger partial charge in [0, 0.05) is 11.5 Å². The van der Waals surface area contributed by atoms with Gasteiger partial charge in [-0.3, -0.25) is 0 Å². The Bertz CT molecular complexity index is 363. The van der Waals surface area contributed by atoms with Gasteiger partial charge in [-0.15, -0.1) is 0 Å². The summed E-state index contributed by atoms with van der Waals surface area (Å²) in [5, 5.41) is 0. The van der Waals surface area contributed by atoms with Crippen molar-refractivity contribution in [2.45, 2.75) is 37.4 Å². The van der Waals surface area contributed by atoms with E-state index >= 15 is 0 Å². The fourth-order valence-corrected chi connectivity index (χ4v) is 1.82. The van der Waals surface area contributed by atoms with Crippen LogP contribution in [-0.2, 0) is 11.6 Å². The summed E-state index contributed by atoms with van der Waals surface area (Å²) in [5.74, 6) is -0.575. The van der Waals surface area contributed by atoms with E-state index in [-0.39, 0.29) is 11.5 Å². The predicted molar refractivity (Wildman–Crippen MR) is 48.3 cm³/mol. The molecule has 2 N–H and O–H groups in total. The van der Waals surface area contributed by atoms with Gasteiger partial charge >= 0.3 is 6.18 Å². The van der Waals surface area contributed by atoms with Crippen LogP contribution >= 0.6 is 0 Å². The maximum Gasteiger partial charge on any atom is 0.449 e. The minimum Gasteiger partial charge on any atom is -0.456 e. The van der Waals surface area contributed by atoms with Crippen molar-refractivity contribution < 1.29 is 17.6 Å². The second-order valence-corrected chi connectivity index (χ2v) is 4.11. The molecule has 1 aromatic heterocycles. The molecule has 1 heterocycles. The van der Waals surface area contributed by atoms with E-state index in [0.717, 1.165) is 18.9 Å². The zero-order valence-corrected chi connectivity index (χ0v) is 8.27. The molecule has 1 saturated carbocycles. The molecule has 84 valence electrons. The number of nitrogens with two attached hydrogens (primary N) is 1. The molecule has 15 heavy (non-hydrogen) atoms. The summed E-state index contributed by atoms with van der Waals surface area (Å²) in [5.41, 5.74) is 5.38. The van der Waals surface area contributed by atoms with E-state index < -0.39 is 11.9 Å². The molecule has 0 amide bonds. The molecular formula is C10H12F3NO. The van der Waals surface area contributed by atoms with Crippen LogP contribution < -0.4 is 5.73 Å². The summed E-state index contributed by atoms with van der Waals surface area (Å²) in [6, 6.07) is 2.18. The van der Waals surface area contributed by atoms with Crippen LogP contribution in [0.5, 0.6) is 0 Å². The maximum atomic E-state index is 12.3. The van der Waals surface area contributed by atoms with Crippen molar-refractivity contribution in [2.24, 2.45) is 5.73 Å². The minimum absolute atomic E-state index is 0.176. The molecule has 0 bridgehead atoms. The molecular weight excluding hydrogens is 207 g/mol. The van der Waals surface area contributed by atoms with Gasteiger partial charge in [0.2, 0.25) is 5.76 Å². The van der Waals surface area contributed by atoms with Gasteiger partial charge in [-0.05, 0) is 31.9 Å². The molecule has 1 fully saturated rings. The minimum atomic E-state index is -4.41. The lowest BCUT2D eigenvalue weighted by atomic mass is 9.96. The van der Waals surface area contributed by atoms with Crippen LogP contribution in [-0.4, -0.2) is 6.04 Å². The fourth-order valence-electron chi connectivity index (χ4n) is 1.82. The van der Waals surface area contributed by atoms with Gasteiger partial charge in [0.15, 0.2) is 0 Å². The Hall–Kier alpha value is -0.970. The van der Waals surface area contributed by atoms with Crippen molar-refractivity contribution in [3.8, 4) is 0 Å². The number of rotatable bonds is 2. The van der Waals surface area contributed by atoms with Crippen molar-refractivity contribution >= 4 is 0 Å². The largest absolute Gasteiger partial charge is 0.456 e. The van der Waals surface area contributed by atoms with Gasteiger partial charge in [0.1, 0.15) is 5.76 Å². The summed E-state index contributed by atoms with van der Waals surface area (Å²) in [6.07, 6.45) is -2.81. The topological polar surface area (TPSA) is 39.2 Å². The monoisotopic (exact) mass is 219 g/mol. The van der Waals surface area contributed by atoms with Gasteiger partial charge in [-0.2, -0.15) is 13.2 Å². The van der Waals surface area contributed by atoms with Gasteiger partial charge in [-0.1, -0.05) is 0 Å². The van der Waals surface area contributed by atoms with Gasteiger partial charge < -0.3 is 10.2 Å². The summed E-state index contributed by atoms with van der Waals surface area (Å²) in [7, 11) is 0. The molecule has 1 aromatic rings. The van der Waals surface area contributed by atoms with Crippen molar-refractivity contribution in [1.29, 1.82) is 0 Å². The number of hydrogen-bond acceptors (Lipinski definition) is 2. The average molecular weight is 219 g/mol. The molecule has 2 nitrogen and oxygen atoms in total. The second kappa shape index (κ2) is 3.01. The van der Waals surface area contributed by atoms with Gasteiger partial charge in [0.25, 0.3) is 0 Å². The van der Waals surface area contributed by atoms with Crippen molar-refractivity contribution in [3.63, 3.8) is 0 Å². The van der Waals surface area contributed by atoms with Crippen LogP contribution in [0.25, 0.3) is 0 Å². The van der Waals surface area contributed by atoms with Crippen LogP contribution in [0.4, 0.5) is 13.2 Å². The highest BCUT2D eigenvalue weighted by Crippen LogP contribution is 2.51. The molecule has 0 radical (unpaired) electrons. The van der Waals surface area contributed by atoms with Crippen LogP contribution in [0.1, 0.15) is 31.3 Å². The summed E-state index contributed by atoms with van der Waals surface area (Å²) in [4.78, 5) is 0. The van der Waals surface area contributed by atoms with E-state index in [1.165, 1.54) is 6.07 Å². The third kappa shape index (κ3) is 1.65. The highest BCUT2D eigenvalue weighted by molar-refractivity contribution is 5.27. The maximum absolute atomic E-state index is 12.3. The fraction of sp³-hybridized carbons (Fsp3) is 0.600. The lowest BCUT2D eigenvalue weighted by Gasteiger charge is -2.16. The highest BCUT2D eigenvalue weighted by atomic mass is 19.4. The summed E-state index contributed by atoms with van der Waals surface area (Å²) >= 11 is 0. The first-order valence-corrected chi connectivity index (χ1v) is 4.79. The normalized spacial score (nSPS) is 21.4. The lowest BCUT2D eigenvalue weighted by Crippen LogP contribution is -2.31. The van der Waals surface area contributed by atoms with Crippen LogP contribution in [0.2, 0.25) is 0 Å². The van der Waals surface area contributed by atoms with Crippen molar-refractivity contribution in [2.75, 3.05) is 0 Å². The third-order valence-electron chi connectivity index (χ3n) is 3.04. The molecule has 1 aliphatic rings. The summed E-state index contributed by atoms with van der Waals surface area (Å²) in [6.45, 7) is 1.79. The molecule has 0 saturated heterocycles. The first-order chi connectivity index (χ1) is 6.86. The lowest BCUT2D eigenvalue weighted by molar-refractivity contribution is -0.153. The molecule has 2 rings (SSSR count). The number of hydrogen-bond donors (Lipinski definition) is 1. The van der Waals surface area contributed by atoms with Crippen LogP contribution in [0.15, 0.2) is 16.5 Å². The molecule has 0 spiro atoms. The van der Waals surface area contributed by atoms with Gasteiger partial charge in [0.05, 0.1) is 0 Å². The zero-order chi connectivity index (χ0) is 11.3. The first-order valence-electron chi connectivity index (χ1n) is 4.79. The quantitative estimate of drug-likeness (QED) is 0.830. The van der Waals surface area contributed by atoms with E-state index in [0.29, 0.717) is 5.76 Å². The Morgan fingerprint density at radius 1 is 1.40 bits per heavy atom. The van der Waals surface area contributed by atoms with Crippen LogP contribution in [0.3, 0.4) is 0 Å². The van der Waals surface area contributed by atoms with E-state index in [1.807, 2.05) is 0 Å². The smallest absolute Gasteiger partial charge is 0.449 e. The first kappa shape index (κ1) is 10.5. The average Bonchev–Trinajstić information content (AvgIpc) is 2.75. The van der Waals surface area contributed by atoms with E-state index in [1.54, 1.807) is 6.92 Å². The Labute approximate surface area is 85.2 Å². The molecule has 0 aliphatic heterocycles. The highest BCUT2D eigenvalue weighted by Gasteiger charge is 2.51. The van der Waals surface area contributed by atoms with E-state index in [9.17, 15) is 13.2 Å². The Balaban J connectivity index is 2.29. The predicted octanol–water partition coefficient (Wildman–Crippen LogP) is 2.68. The second-order valence-electron chi connectivity index (χ2n) is 4.11. The number of alkyl halides is 3. The molecule has 5 heteroatoms. The summed E-state index contributed by atoms with van der Waals surface area (Å²) < 4.78 is 41.7. The molecule has 1 aliphatic carbocycles. The number of furan rings is 1. The molecule has 0 aromatic carbocycles. The van der Waals surface area contributed by atoms with E-state index in [2.05, 4.69) is 0 Å². The Morgan fingerprint density at radius 3 is 2.33 bits per heavy atom. The Kier molecular flexibility index (Phi) is 2.12. The number of halogens is 3. The SMILES string of the molecule is CC(N)C1(c2ccc(C(F)(F)F)o2)CC1. The Morgan fingerprint density at radius 2 is 2.00 bits per heavy atom. The molecule has 1 unspecified atom stereocenters. The third-order valence-corrected chi connectivity index (χ3v) is 3.04. The van der Waals surface area contributed by atoms with E-state index in [4.69, 9.17) is 10.2 Å². The van der Waals surface area contributed by atoms with Crippen molar-refractivity contribution in [1.82, 2.24) is 0 Å². The van der Waals surface area contributed by atoms with Crippen LogP contribution in [0, 0.1) is 0 Å². The molecule has 1 atom stereocenters. The zero-order valence-electron chi connectivity index (χ0n) is 8.27. The van der Waals surface area contributed by atoms with Gasteiger partial charge in [-0.25, -0.2) is 0 Å².